The van der Waals surface area contributed by atoms with E-state index in [1.54, 1.807) is 0 Å². The summed E-state index contributed by atoms with van der Waals surface area (Å²) >= 11 is 0. The van der Waals surface area contributed by atoms with Gasteiger partial charge in [0.2, 0.25) is 17.7 Å². The van der Waals surface area contributed by atoms with Crippen molar-refractivity contribution >= 4 is 35.6 Å². The van der Waals surface area contributed by atoms with Crippen LogP contribution in [0.25, 0.3) is 0 Å². The number of carbonyl (C=O) groups excluding carboxylic acids is 3. The van der Waals surface area contributed by atoms with Gasteiger partial charge in [0.15, 0.2) is 5.96 Å². The van der Waals surface area contributed by atoms with Gasteiger partial charge in [-0.2, -0.15) is 0 Å². The van der Waals surface area contributed by atoms with Crippen molar-refractivity contribution < 1.29 is 39.3 Å². The molecule has 0 bridgehead atoms. The van der Waals surface area contributed by atoms with Gasteiger partial charge in [-0.15, -0.1) is 0 Å². The third kappa shape index (κ3) is 14.0. The molecular formula is C20H38N8O8. The van der Waals surface area contributed by atoms with Crippen LogP contribution in [-0.2, 0) is 24.0 Å². The molecule has 206 valence electrons. The normalized spacial score (nSPS) is 14.0. The highest BCUT2D eigenvalue weighted by atomic mass is 16.4. The van der Waals surface area contributed by atoms with Crippen molar-refractivity contribution in [1.29, 1.82) is 0 Å². The monoisotopic (exact) mass is 518 g/mol. The van der Waals surface area contributed by atoms with E-state index in [2.05, 4.69) is 20.9 Å². The minimum Gasteiger partial charge on any atom is -0.481 e. The molecule has 4 unspecified atom stereocenters. The number of guanidine groups is 1. The van der Waals surface area contributed by atoms with Gasteiger partial charge in [-0.05, 0) is 45.1 Å². The highest BCUT2D eigenvalue weighted by Gasteiger charge is 2.30. The van der Waals surface area contributed by atoms with Gasteiger partial charge in [0, 0.05) is 13.0 Å². The lowest BCUT2D eigenvalue weighted by Gasteiger charge is -2.24. The number of aliphatic imine (C=N–C) groups is 1. The van der Waals surface area contributed by atoms with Crippen LogP contribution in [0.15, 0.2) is 4.99 Å². The molecule has 16 heteroatoms. The first-order valence-corrected chi connectivity index (χ1v) is 11.4. The Morgan fingerprint density at radius 2 is 1.36 bits per heavy atom. The second-order valence-electron chi connectivity index (χ2n) is 7.98. The van der Waals surface area contributed by atoms with Crippen molar-refractivity contribution in [3.05, 3.63) is 0 Å². The summed E-state index contributed by atoms with van der Waals surface area (Å²) in [5.74, 6) is -5.30. The average molecular weight is 519 g/mol. The van der Waals surface area contributed by atoms with E-state index in [0.29, 0.717) is 25.8 Å². The summed E-state index contributed by atoms with van der Waals surface area (Å²) in [5.41, 5.74) is 21.8. The summed E-state index contributed by atoms with van der Waals surface area (Å²) in [6.45, 7) is -0.265. The van der Waals surface area contributed by atoms with Gasteiger partial charge in [0.1, 0.15) is 18.1 Å². The molecule has 3 amide bonds. The zero-order valence-electron chi connectivity index (χ0n) is 20.0. The third-order valence-electron chi connectivity index (χ3n) is 4.96. The maximum absolute atomic E-state index is 12.8. The van der Waals surface area contributed by atoms with Crippen LogP contribution in [0.3, 0.4) is 0 Å². The molecule has 36 heavy (non-hydrogen) atoms. The molecule has 0 aromatic heterocycles. The minimum absolute atomic E-state index is 0.0938. The molecule has 0 fully saturated rings. The Bertz CT molecular complexity index is 775. The van der Waals surface area contributed by atoms with Crippen molar-refractivity contribution in [2.75, 3.05) is 19.7 Å². The molecule has 4 atom stereocenters. The first kappa shape index (κ1) is 32.5. The Hall–Kier alpha value is -3.50. The summed E-state index contributed by atoms with van der Waals surface area (Å²) in [5, 5.41) is 34.4. The van der Waals surface area contributed by atoms with Gasteiger partial charge >= 0.3 is 11.9 Å². The van der Waals surface area contributed by atoms with Crippen LogP contribution in [0, 0.1) is 0 Å². The van der Waals surface area contributed by atoms with Crippen molar-refractivity contribution in [1.82, 2.24) is 16.0 Å². The molecule has 0 aliphatic carbocycles. The predicted molar refractivity (Wildman–Crippen MR) is 128 cm³/mol. The second kappa shape index (κ2) is 17.9. The van der Waals surface area contributed by atoms with Gasteiger partial charge < -0.3 is 54.2 Å². The van der Waals surface area contributed by atoms with Crippen LogP contribution < -0.4 is 38.9 Å². The lowest BCUT2D eigenvalue weighted by Crippen LogP contribution is -2.58. The summed E-state index contributed by atoms with van der Waals surface area (Å²) < 4.78 is 0. The number of nitrogens with one attached hydrogen (secondary N) is 3. The largest absolute Gasteiger partial charge is 0.481 e. The molecule has 14 N–H and O–H groups in total. The first-order chi connectivity index (χ1) is 16.9. The standard InChI is InChI=1S/C20H38N8O8/c21-8-2-1-5-12(26-16(32)11(22)4-3-9-25-20(23)24)17(33)28-14(10-29)18(34)27-13(19(35)36)6-7-15(30)31/h11-14,29H,1-10,21-22H2,(H,26,32)(H,27,34)(H,28,33)(H,30,31)(H,35,36)(H4,23,24,25). The third-order valence-corrected chi connectivity index (χ3v) is 4.96. The molecular weight excluding hydrogens is 480 g/mol. The van der Waals surface area contributed by atoms with Crippen molar-refractivity contribution in [3.63, 3.8) is 0 Å². The van der Waals surface area contributed by atoms with E-state index < -0.39 is 73.3 Å². The van der Waals surface area contributed by atoms with E-state index in [1.807, 2.05) is 0 Å². The number of rotatable bonds is 19. The Balaban J connectivity index is 5.20. The van der Waals surface area contributed by atoms with Crippen molar-refractivity contribution in [3.8, 4) is 0 Å². The number of nitrogens with two attached hydrogens (primary N) is 4. The molecule has 0 saturated heterocycles. The number of amides is 3. The van der Waals surface area contributed by atoms with E-state index >= 15 is 0 Å². The van der Waals surface area contributed by atoms with Gasteiger partial charge in [0.25, 0.3) is 0 Å². The smallest absolute Gasteiger partial charge is 0.326 e. The summed E-state index contributed by atoms with van der Waals surface area (Å²) in [4.78, 5) is 63.5. The van der Waals surface area contributed by atoms with E-state index in [0.717, 1.165) is 0 Å². The summed E-state index contributed by atoms with van der Waals surface area (Å²) in [6, 6.07) is -5.17. The number of nitrogens with zero attached hydrogens (tertiary/aromatic N) is 1. The number of aliphatic hydroxyl groups excluding tert-OH is 1. The van der Waals surface area contributed by atoms with E-state index in [-0.39, 0.29) is 25.3 Å². The number of carbonyl (C=O) groups is 5. The number of unbranched alkanes of at least 4 members (excludes halogenated alkanes) is 1. The first-order valence-electron chi connectivity index (χ1n) is 11.4. The van der Waals surface area contributed by atoms with Gasteiger partial charge in [-0.3, -0.25) is 24.2 Å². The van der Waals surface area contributed by atoms with Crippen LogP contribution in [-0.4, -0.2) is 94.8 Å². The van der Waals surface area contributed by atoms with E-state index in [9.17, 15) is 34.2 Å². The Morgan fingerprint density at radius 1 is 0.778 bits per heavy atom. The maximum atomic E-state index is 12.8. The van der Waals surface area contributed by atoms with Gasteiger partial charge in [0.05, 0.1) is 12.6 Å². The minimum atomic E-state index is -1.55. The molecule has 0 aromatic rings. The quantitative estimate of drug-likeness (QED) is 0.0443. The molecule has 0 aliphatic heterocycles. The van der Waals surface area contributed by atoms with E-state index in [1.165, 1.54) is 0 Å². The molecule has 0 heterocycles. The zero-order chi connectivity index (χ0) is 27.7. The highest BCUT2D eigenvalue weighted by molar-refractivity contribution is 5.94. The van der Waals surface area contributed by atoms with Crippen LogP contribution >= 0.6 is 0 Å². The zero-order valence-corrected chi connectivity index (χ0v) is 20.0. The van der Waals surface area contributed by atoms with Gasteiger partial charge in [-0.1, -0.05) is 0 Å². The van der Waals surface area contributed by atoms with E-state index in [4.69, 9.17) is 28.0 Å². The van der Waals surface area contributed by atoms with Crippen molar-refractivity contribution in [2.45, 2.75) is 69.1 Å². The summed E-state index contributed by atoms with van der Waals surface area (Å²) in [7, 11) is 0. The van der Waals surface area contributed by atoms with Gasteiger partial charge in [-0.25, -0.2) is 4.79 Å². The molecule has 0 aliphatic rings. The second-order valence-corrected chi connectivity index (χ2v) is 7.98. The average Bonchev–Trinajstić information content (AvgIpc) is 2.81. The Kier molecular flexibility index (Phi) is 16.1. The number of carboxylic acid groups (broad SMARTS) is 2. The molecule has 0 radical (unpaired) electrons. The topological polar surface area (TPSA) is 299 Å². The molecule has 0 rings (SSSR count). The highest BCUT2D eigenvalue weighted by Crippen LogP contribution is 2.05. The van der Waals surface area contributed by atoms with Crippen LogP contribution in [0.1, 0.15) is 44.9 Å². The Morgan fingerprint density at radius 3 is 1.89 bits per heavy atom. The predicted octanol–water partition coefficient (Wildman–Crippen LogP) is -4.11. The van der Waals surface area contributed by atoms with Crippen LogP contribution in [0.2, 0.25) is 0 Å². The molecule has 0 saturated carbocycles. The fraction of sp³-hybridized carbons (Fsp3) is 0.700. The number of aliphatic hydroxyl groups is 1. The number of carboxylic acids is 2. The summed E-state index contributed by atoms with van der Waals surface area (Å²) in [6.07, 6.45) is 0.894. The Labute approximate surface area is 208 Å². The number of hydrogen-bond acceptors (Lipinski definition) is 9. The fourth-order valence-corrected chi connectivity index (χ4v) is 2.95. The maximum Gasteiger partial charge on any atom is 0.326 e. The molecule has 0 spiro atoms. The van der Waals surface area contributed by atoms with Crippen LogP contribution in [0.5, 0.6) is 0 Å². The fourth-order valence-electron chi connectivity index (χ4n) is 2.95. The molecule has 16 nitrogen and oxygen atoms in total. The number of aliphatic carboxylic acids is 2. The van der Waals surface area contributed by atoms with Crippen LogP contribution in [0.4, 0.5) is 0 Å². The lowest BCUT2D eigenvalue weighted by molar-refractivity contribution is -0.143. The SMILES string of the molecule is NCCCCC(NC(=O)C(N)CCCN=C(N)N)C(=O)NC(CO)C(=O)NC(CCC(=O)O)C(=O)O. The lowest BCUT2D eigenvalue weighted by atomic mass is 10.1. The number of hydrogen-bond donors (Lipinski definition) is 10. The van der Waals surface area contributed by atoms with Crippen molar-refractivity contribution in [2.24, 2.45) is 27.9 Å². The molecule has 0 aromatic carbocycles.